The highest BCUT2D eigenvalue weighted by Gasteiger charge is 2.11. The number of nitro groups is 1. The van der Waals surface area contributed by atoms with Crippen LogP contribution in [0, 0.1) is 10.1 Å². The molecule has 1 aromatic heterocycles. The van der Waals surface area contributed by atoms with Crippen molar-refractivity contribution in [3.63, 3.8) is 0 Å². The zero-order valence-electron chi connectivity index (χ0n) is 8.59. The lowest BCUT2D eigenvalue weighted by Crippen LogP contribution is -2.00. The minimum absolute atomic E-state index is 0.0595. The highest BCUT2D eigenvalue weighted by Crippen LogP contribution is 2.27. The lowest BCUT2D eigenvalue weighted by molar-refractivity contribution is -0.385. The Bertz CT molecular complexity index is 530. The first-order valence-corrected chi connectivity index (χ1v) is 6.45. The molecule has 2 aromatic rings. The molecule has 0 atom stereocenters. The van der Waals surface area contributed by atoms with Gasteiger partial charge < -0.3 is 5.32 Å². The van der Waals surface area contributed by atoms with Crippen molar-refractivity contribution in [3.8, 4) is 0 Å². The van der Waals surface area contributed by atoms with Gasteiger partial charge in [-0.3, -0.25) is 10.1 Å². The smallest absolute Gasteiger partial charge is 0.283 e. The SMILES string of the molecule is O=[N+]([O-])c1ccc(NCc2cscn2)cc1Br. The number of anilines is 1. The van der Waals surface area contributed by atoms with E-state index in [1.807, 2.05) is 5.38 Å². The molecule has 0 spiro atoms. The van der Waals surface area contributed by atoms with Crippen LogP contribution in [0.5, 0.6) is 0 Å². The molecule has 1 heterocycles. The molecule has 0 saturated heterocycles. The van der Waals surface area contributed by atoms with Crippen LogP contribution in [0.15, 0.2) is 33.6 Å². The lowest BCUT2D eigenvalue weighted by atomic mass is 10.3. The van der Waals surface area contributed by atoms with Gasteiger partial charge in [-0.15, -0.1) is 11.3 Å². The van der Waals surface area contributed by atoms with Crippen LogP contribution in [-0.2, 0) is 6.54 Å². The molecule has 5 nitrogen and oxygen atoms in total. The van der Waals surface area contributed by atoms with E-state index in [1.54, 1.807) is 17.6 Å². The number of halogens is 1. The normalized spacial score (nSPS) is 10.2. The summed E-state index contributed by atoms with van der Waals surface area (Å²) in [6.07, 6.45) is 0. The van der Waals surface area contributed by atoms with Crippen molar-refractivity contribution < 1.29 is 4.92 Å². The van der Waals surface area contributed by atoms with Crippen molar-refractivity contribution in [1.82, 2.24) is 4.98 Å². The number of aromatic nitrogens is 1. The van der Waals surface area contributed by atoms with Gasteiger partial charge in [0.2, 0.25) is 0 Å². The number of nitro benzene ring substituents is 1. The Balaban J connectivity index is 2.07. The summed E-state index contributed by atoms with van der Waals surface area (Å²) in [6.45, 7) is 0.605. The molecule has 0 fully saturated rings. The van der Waals surface area contributed by atoms with Crippen molar-refractivity contribution in [2.45, 2.75) is 6.54 Å². The second-order valence-corrected chi connectivity index (χ2v) is 4.83. The first kappa shape index (κ1) is 12.0. The van der Waals surface area contributed by atoms with E-state index in [4.69, 9.17) is 0 Å². The topological polar surface area (TPSA) is 68.1 Å². The lowest BCUT2D eigenvalue weighted by Gasteiger charge is -2.05. The zero-order chi connectivity index (χ0) is 12.3. The number of rotatable bonds is 4. The summed E-state index contributed by atoms with van der Waals surface area (Å²) >= 11 is 4.71. The Morgan fingerprint density at radius 2 is 2.35 bits per heavy atom. The molecule has 0 aliphatic heterocycles. The molecule has 1 N–H and O–H groups in total. The Labute approximate surface area is 110 Å². The zero-order valence-corrected chi connectivity index (χ0v) is 11.0. The van der Waals surface area contributed by atoms with E-state index in [-0.39, 0.29) is 5.69 Å². The molecule has 2 rings (SSSR count). The van der Waals surface area contributed by atoms with Crippen LogP contribution in [0.25, 0.3) is 0 Å². The van der Waals surface area contributed by atoms with E-state index in [9.17, 15) is 10.1 Å². The summed E-state index contributed by atoms with van der Waals surface area (Å²) in [5.74, 6) is 0. The van der Waals surface area contributed by atoms with Gasteiger partial charge in [-0.2, -0.15) is 0 Å². The van der Waals surface area contributed by atoms with Crippen LogP contribution in [0.4, 0.5) is 11.4 Å². The second-order valence-electron chi connectivity index (χ2n) is 3.26. The first-order valence-electron chi connectivity index (χ1n) is 4.71. The fraction of sp³-hybridized carbons (Fsp3) is 0.100. The predicted octanol–water partition coefficient (Wildman–Crippen LogP) is 3.43. The molecule has 0 aliphatic carbocycles. The molecule has 7 heteroatoms. The number of thiazole rings is 1. The van der Waals surface area contributed by atoms with Crippen molar-refractivity contribution in [3.05, 3.63) is 49.4 Å². The number of hydrogen-bond donors (Lipinski definition) is 1. The summed E-state index contributed by atoms with van der Waals surface area (Å²) in [5.41, 5.74) is 3.59. The van der Waals surface area contributed by atoms with Gasteiger partial charge in [0.1, 0.15) is 0 Å². The predicted molar refractivity (Wildman–Crippen MR) is 70.2 cm³/mol. The highest BCUT2D eigenvalue weighted by atomic mass is 79.9. The second kappa shape index (κ2) is 5.24. The molecule has 1 aromatic carbocycles. The number of benzene rings is 1. The maximum absolute atomic E-state index is 10.6. The Kier molecular flexibility index (Phi) is 3.70. The van der Waals surface area contributed by atoms with Crippen LogP contribution in [0.1, 0.15) is 5.69 Å². The first-order chi connectivity index (χ1) is 8.16. The van der Waals surface area contributed by atoms with E-state index >= 15 is 0 Å². The highest BCUT2D eigenvalue weighted by molar-refractivity contribution is 9.10. The van der Waals surface area contributed by atoms with Crippen molar-refractivity contribution in [1.29, 1.82) is 0 Å². The minimum Gasteiger partial charge on any atom is -0.379 e. The summed E-state index contributed by atoms with van der Waals surface area (Å²) in [5, 5.41) is 15.7. The number of hydrogen-bond acceptors (Lipinski definition) is 5. The van der Waals surface area contributed by atoms with Crippen LogP contribution >= 0.6 is 27.3 Å². The molecule has 0 aliphatic rings. The summed E-state index contributed by atoms with van der Waals surface area (Å²) in [7, 11) is 0. The fourth-order valence-electron chi connectivity index (χ4n) is 1.28. The molecule has 17 heavy (non-hydrogen) atoms. The Hall–Kier alpha value is -1.47. The minimum atomic E-state index is -0.422. The largest absolute Gasteiger partial charge is 0.379 e. The van der Waals surface area contributed by atoms with Gasteiger partial charge in [0.15, 0.2) is 0 Å². The maximum Gasteiger partial charge on any atom is 0.283 e. The van der Waals surface area contributed by atoms with Gasteiger partial charge in [0, 0.05) is 17.1 Å². The van der Waals surface area contributed by atoms with E-state index in [1.165, 1.54) is 17.4 Å². The fourth-order valence-corrected chi connectivity index (χ4v) is 2.36. The monoisotopic (exact) mass is 313 g/mol. The van der Waals surface area contributed by atoms with E-state index in [0.717, 1.165) is 11.4 Å². The number of nitrogens with one attached hydrogen (secondary N) is 1. The van der Waals surface area contributed by atoms with E-state index in [2.05, 4.69) is 26.2 Å². The third-order valence-electron chi connectivity index (χ3n) is 2.10. The standard InChI is InChI=1S/C10H8BrN3O2S/c11-9-3-7(1-2-10(9)14(15)16)12-4-8-5-17-6-13-8/h1-3,5-6,12H,4H2. The summed E-state index contributed by atoms with van der Waals surface area (Å²) in [6, 6.07) is 4.83. The van der Waals surface area contributed by atoms with Crippen LogP contribution in [0.2, 0.25) is 0 Å². The summed E-state index contributed by atoms with van der Waals surface area (Å²) < 4.78 is 0.464. The van der Waals surface area contributed by atoms with Crippen molar-refractivity contribution in [2.24, 2.45) is 0 Å². The van der Waals surface area contributed by atoms with Gasteiger partial charge in [0.05, 0.1) is 27.1 Å². The number of nitrogens with zero attached hydrogens (tertiary/aromatic N) is 2. The average Bonchev–Trinajstić information content (AvgIpc) is 2.78. The molecular formula is C10H8BrN3O2S. The molecule has 0 amide bonds. The quantitative estimate of drug-likeness (QED) is 0.693. The van der Waals surface area contributed by atoms with Crippen LogP contribution < -0.4 is 5.32 Å². The van der Waals surface area contributed by atoms with Gasteiger partial charge >= 0.3 is 0 Å². The van der Waals surface area contributed by atoms with Crippen LogP contribution in [-0.4, -0.2) is 9.91 Å². The third-order valence-corrected chi connectivity index (χ3v) is 3.37. The Morgan fingerprint density at radius 3 is 2.94 bits per heavy atom. The van der Waals surface area contributed by atoms with Gasteiger partial charge in [-0.05, 0) is 28.1 Å². The van der Waals surface area contributed by atoms with Crippen molar-refractivity contribution >= 4 is 38.6 Å². The maximum atomic E-state index is 10.6. The molecule has 88 valence electrons. The van der Waals surface area contributed by atoms with E-state index in [0.29, 0.717) is 11.0 Å². The van der Waals surface area contributed by atoms with E-state index < -0.39 is 4.92 Å². The molecule has 0 unspecified atom stereocenters. The summed E-state index contributed by atoms with van der Waals surface area (Å²) in [4.78, 5) is 14.3. The van der Waals surface area contributed by atoms with Gasteiger partial charge in [0.25, 0.3) is 5.69 Å². The van der Waals surface area contributed by atoms with Gasteiger partial charge in [-0.25, -0.2) is 4.98 Å². The molecule has 0 radical (unpaired) electrons. The van der Waals surface area contributed by atoms with Crippen LogP contribution in [0.3, 0.4) is 0 Å². The van der Waals surface area contributed by atoms with Crippen molar-refractivity contribution in [2.75, 3.05) is 5.32 Å². The molecule has 0 saturated carbocycles. The third kappa shape index (κ3) is 3.01. The molecular weight excluding hydrogens is 306 g/mol. The van der Waals surface area contributed by atoms with Gasteiger partial charge in [-0.1, -0.05) is 0 Å². The molecule has 0 bridgehead atoms. The average molecular weight is 314 g/mol. The Morgan fingerprint density at radius 1 is 1.53 bits per heavy atom.